The molecule has 6 heteroatoms. The van der Waals surface area contributed by atoms with Crippen molar-refractivity contribution < 1.29 is 13.2 Å². The molecule has 0 N–H and O–H groups in total. The van der Waals surface area contributed by atoms with Gasteiger partial charge in [0.1, 0.15) is 0 Å². The molecule has 0 radical (unpaired) electrons. The fourth-order valence-corrected chi connectivity index (χ4v) is 5.84. The Morgan fingerprint density at radius 3 is 2.39 bits per heavy atom. The van der Waals surface area contributed by atoms with Gasteiger partial charge < -0.3 is 4.74 Å². The van der Waals surface area contributed by atoms with E-state index in [4.69, 9.17) is 4.74 Å². The molecule has 0 spiro atoms. The average molecular weight is 345 g/mol. The van der Waals surface area contributed by atoms with E-state index in [1.165, 1.54) is 25.7 Å². The smallest absolute Gasteiger partial charge is 0.214 e. The van der Waals surface area contributed by atoms with Gasteiger partial charge in [0, 0.05) is 25.7 Å². The molecule has 0 aromatic rings. The van der Waals surface area contributed by atoms with Crippen molar-refractivity contribution in [3.63, 3.8) is 0 Å². The van der Waals surface area contributed by atoms with E-state index in [0.29, 0.717) is 25.6 Å². The van der Waals surface area contributed by atoms with Gasteiger partial charge in [0.05, 0.1) is 11.9 Å². The number of ether oxygens (including phenoxy) is 1. The Morgan fingerprint density at radius 2 is 1.70 bits per heavy atom. The Hall–Kier alpha value is -0.170. The van der Waals surface area contributed by atoms with Crippen LogP contribution in [0, 0.1) is 0 Å². The molecule has 2 atom stereocenters. The van der Waals surface area contributed by atoms with Gasteiger partial charge in [-0.2, -0.15) is 0 Å². The van der Waals surface area contributed by atoms with Crippen LogP contribution >= 0.6 is 0 Å². The number of nitrogens with zero attached hydrogens (tertiary/aromatic N) is 2. The van der Waals surface area contributed by atoms with Gasteiger partial charge in [0.2, 0.25) is 10.0 Å². The SMILES string of the molecule is O=S(=O)(CC[C@H]1CCCO1)N1CCC[C@H](N2CCCCCC2)C1. The largest absolute Gasteiger partial charge is 0.378 e. The molecule has 0 amide bonds. The summed E-state index contributed by atoms with van der Waals surface area (Å²) in [6, 6.07) is 0.430. The molecule has 3 heterocycles. The average Bonchev–Trinajstić information content (AvgIpc) is 2.94. The highest BCUT2D eigenvalue weighted by molar-refractivity contribution is 7.89. The highest BCUT2D eigenvalue weighted by Gasteiger charge is 2.32. The van der Waals surface area contributed by atoms with Crippen molar-refractivity contribution in [3.05, 3.63) is 0 Å². The van der Waals surface area contributed by atoms with Crippen molar-refractivity contribution in [2.75, 3.05) is 38.5 Å². The second kappa shape index (κ2) is 8.28. The Kier molecular flexibility index (Phi) is 6.35. The summed E-state index contributed by atoms with van der Waals surface area (Å²) in [4.78, 5) is 2.55. The lowest BCUT2D eigenvalue weighted by Gasteiger charge is -2.38. The van der Waals surface area contributed by atoms with Crippen LogP contribution in [0.5, 0.6) is 0 Å². The van der Waals surface area contributed by atoms with Gasteiger partial charge in [-0.25, -0.2) is 12.7 Å². The third-order valence-corrected chi connectivity index (χ3v) is 7.50. The number of hydrogen-bond donors (Lipinski definition) is 0. The Morgan fingerprint density at radius 1 is 0.913 bits per heavy atom. The summed E-state index contributed by atoms with van der Waals surface area (Å²) in [6.07, 6.45) is 10.3. The van der Waals surface area contributed by atoms with Crippen molar-refractivity contribution in [1.29, 1.82) is 0 Å². The highest BCUT2D eigenvalue weighted by Crippen LogP contribution is 2.23. The van der Waals surface area contributed by atoms with Crippen LogP contribution in [0.3, 0.4) is 0 Å². The molecule has 0 saturated carbocycles. The Labute approximate surface area is 141 Å². The normalized spacial score (nSPS) is 32.0. The topological polar surface area (TPSA) is 49.9 Å². The van der Waals surface area contributed by atoms with Crippen LogP contribution in [0.15, 0.2) is 0 Å². The molecule has 3 aliphatic rings. The molecule has 0 aromatic carbocycles. The van der Waals surface area contributed by atoms with Crippen LogP contribution in [0.4, 0.5) is 0 Å². The molecule has 5 nitrogen and oxygen atoms in total. The maximum Gasteiger partial charge on any atom is 0.214 e. The summed E-state index contributed by atoms with van der Waals surface area (Å²) in [7, 11) is -3.12. The molecule has 3 rings (SSSR count). The monoisotopic (exact) mass is 344 g/mol. The maximum atomic E-state index is 12.7. The lowest BCUT2D eigenvalue weighted by Crippen LogP contribution is -2.50. The van der Waals surface area contributed by atoms with E-state index in [2.05, 4.69) is 4.90 Å². The Balaban J connectivity index is 1.53. The fraction of sp³-hybridized carbons (Fsp3) is 1.00. The molecule has 3 aliphatic heterocycles. The maximum absolute atomic E-state index is 12.7. The molecule has 23 heavy (non-hydrogen) atoms. The van der Waals surface area contributed by atoms with Gasteiger partial charge >= 0.3 is 0 Å². The minimum Gasteiger partial charge on any atom is -0.378 e. The summed E-state index contributed by atoms with van der Waals surface area (Å²) >= 11 is 0. The molecule has 0 aromatic heterocycles. The van der Waals surface area contributed by atoms with E-state index in [1.807, 2.05) is 0 Å². The van der Waals surface area contributed by atoms with Gasteiger partial charge in [-0.15, -0.1) is 0 Å². The molecule has 134 valence electrons. The van der Waals surface area contributed by atoms with Crippen LogP contribution in [0.25, 0.3) is 0 Å². The van der Waals surface area contributed by atoms with Gasteiger partial charge in [-0.05, 0) is 58.0 Å². The molecule has 3 saturated heterocycles. The first-order chi connectivity index (χ1) is 11.1. The third-order valence-electron chi connectivity index (χ3n) is 5.63. The number of likely N-dealkylation sites (tertiary alicyclic amines) is 1. The van der Waals surface area contributed by atoms with Crippen LogP contribution < -0.4 is 0 Å². The van der Waals surface area contributed by atoms with Gasteiger partial charge in [-0.1, -0.05) is 12.8 Å². The van der Waals surface area contributed by atoms with Crippen molar-refractivity contribution >= 4 is 10.0 Å². The molecule has 3 fully saturated rings. The molecule has 0 bridgehead atoms. The summed E-state index contributed by atoms with van der Waals surface area (Å²) in [5.41, 5.74) is 0. The predicted molar refractivity (Wildman–Crippen MR) is 92.0 cm³/mol. The van der Waals surface area contributed by atoms with E-state index in [9.17, 15) is 8.42 Å². The zero-order valence-corrected chi connectivity index (χ0v) is 15.1. The number of piperidine rings is 1. The molecule has 0 aliphatic carbocycles. The van der Waals surface area contributed by atoms with Crippen LogP contribution in [-0.4, -0.2) is 68.3 Å². The van der Waals surface area contributed by atoms with Crippen LogP contribution in [0.2, 0.25) is 0 Å². The van der Waals surface area contributed by atoms with Crippen molar-refractivity contribution in [1.82, 2.24) is 9.21 Å². The third kappa shape index (κ3) is 4.91. The first-order valence-corrected chi connectivity index (χ1v) is 11.1. The van der Waals surface area contributed by atoms with Gasteiger partial charge in [0.25, 0.3) is 0 Å². The van der Waals surface area contributed by atoms with E-state index in [-0.39, 0.29) is 11.9 Å². The van der Waals surface area contributed by atoms with Gasteiger partial charge in [0.15, 0.2) is 0 Å². The van der Waals surface area contributed by atoms with E-state index < -0.39 is 10.0 Å². The Bertz CT molecular complexity index is 454. The first-order valence-electron chi connectivity index (χ1n) is 9.49. The molecule has 0 unspecified atom stereocenters. The van der Waals surface area contributed by atoms with Crippen LogP contribution in [-0.2, 0) is 14.8 Å². The van der Waals surface area contributed by atoms with Crippen molar-refractivity contribution in [3.8, 4) is 0 Å². The second-order valence-corrected chi connectivity index (χ2v) is 9.43. The first kappa shape index (κ1) is 17.6. The van der Waals surface area contributed by atoms with Gasteiger partial charge in [-0.3, -0.25) is 4.90 Å². The molecular formula is C17H32N2O3S. The quantitative estimate of drug-likeness (QED) is 0.767. The lowest BCUT2D eigenvalue weighted by atomic mass is 10.1. The highest BCUT2D eigenvalue weighted by atomic mass is 32.2. The fourth-order valence-electron chi connectivity index (χ4n) is 4.21. The summed E-state index contributed by atoms with van der Waals surface area (Å²) in [5.74, 6) is 0.254. The predicted octanol–water partition coefficient (Wildman–Crippen LogP) is 2.23. The zero-order chi connectivity index (χ0) is 16.1. The molecular weight excluding hydrogens is 312 g/mol. The summed E-state index contributed by atoms with van der Waals surface area (Å²) in [6.45, 7) is 4.50. The van der Waals surface area contributed by atoms with Crippen molar-refractivity contribution in [2.45, 2.75) is 69.9 Å². The number of hydrogen-bond acceptors (Lipinski definition) is 4. The lowest BCUT2D eigenvalue weighted by molar-refractivity contribution is 0.108. The second-order valence-electron chi connectivity index (χ2n) is 7.34. The standard InChI is InChI=1S/C17H32N2O3S/c20-23(21,14-9-17-8-6-13-22-17)19-12-5-7-16(15-19)18-10-3-1-2-4-11-18/h16-17H,1-15H2/t16-,17+/m0/s1. The van der Waals surface area contributed by atoms with E-state index >= 15 is 0 Å². The van der Waals surface area contributed by atoms with Crippen LogP contribution in [0.1, 0.15) is 57.8 Å². The minimum atomic E-state index is -3.12. The van der Waals surface area contributed by atoms with E-state index in [1.54, 1.807) is 4.31 Å². The number of rotatable bonds is 5. The van der Waals surface area contributed by atoms with Crippen molar-refractivity contribution in [2.24, 2.45) is 0 Å². The minimum absolute atomic E-state index is 0.163. The number of sulfonamides is 1. The van der Waals surface area contributed by atoms with E-state index in [0.717, 1.165) is 45.4 Å². The summed E-state index contributed by atoms with van der Waals surface area (Å²) < 4.78 is 32.7. The zero-order valence-electron chi connectivity index (χ0n) is 14.3. The summed E-state index contributed by atoms with van der Waals surface area (Å²) in [5, 5.41) is 0.